The third-order valence-electron chi connectivity index (χ3n) is 2.79. The van der Waals surface area contributed by atoms with Crippen LogP contribution in [0.15, 0.2) is 0 Å². The zero-order valence-electron chi connectivity index (χ0n) is 10.6. The molecule has 0 saturated carbocycles. The second-order valence-electron chi connectivity index (χ2n) is 5.55. The lowest BCUT2D eigenvalue weighted by molar-refractivity contribution is -0.158. The Labute approximate surface area is 103 Å². The summed E-state index contributed by atoms with van der Waals surface area (Å²) in [4.78, 5) is 11.7. The molecule has 5 nitrogen and oxygen atoms in total. The van der Waals surface area contributed by atoms with E-state index < -0.39 is 27.4 Å². The van der Waals surface area contributed by atoms with E-state index in [1.807, 2.05) is 0 Å². The molecule has 0 aromatic rings. The van der Waals surface area contributed by atoms with Crippen molar-refractivity contribution >= 4 is 15.8 Å². The van der Waals surface area contributed by atoms with Gasteiger partial charge in [0.05, 0.1) is 11.5 Å². The van der Waals surface area contributed by atoms with Crippen molar-refractivity contribution < 1.29 is 17.9 Å². The van der Waals surface area contributed by atoms with Crippen LogP contribution >= 0.6 is 0 Å². The second-order valence-corrected chi connectivity index (χ2v) is 7.85. The van der Waals surface area contributed by atoms with Crippen LogP contribution in [0, 0.1) is 5.92 Å². The van der Waals surface area contributed by atoms with E-state index in [4.69, 9.17) is 10.5 Å². The lowest BCUT2D eigenvalue weighted by atomic mass is 9.94. The molecule has 0 amide bonds. The Balaban J connectivity index is 2.54. The van der Waals surface area contributed by atoms with Crippen LogP contribution in [0.4, 0.5) is 0 Å². The van der Waals surface area contributed by atoms with Crippen LogP contribution in [0.5, 0.6) is 0 Å². The summed E-state index contributed by atoms with van der Waals surface area (Å²) in [6.45, 7) is 5.34. The molecule has 0 spiro atoms. The second kappa shape index (κ2) is 4.94. The van der Waals surface area contributed by atoms with E-state index in [1.54, 1.807) is 20.8 Å². The molecule has 17 heavy (non-hydrogen) atoms. The van der Waals surface area contributed by atoms with Crippen molar-refractivity contribution in [2.75, 3.05) is 11.5 Å². The molecule has 1 atom stereocenters. The highest BCUT2D eigenvalue weighted by molar-refractivity contribution is 7.91. The fraction of sp³-hybridized carbons (Fsp3) is 0.909. The number of hydrogen-bond donors (Lipinski definition) is 1. The molecule has 2 N–H and O–H groups in total. The van der Waals surface area contributed by atoms with Crippen molar-refractivity contribution in [2.24, 2.45) is 11.7 Å². The number of sulfone groups is 1. The minimum absolute atomic E-state index is 0.0895. The fourth-order valence-corrected chi connectivity index (χ4v) is 3.36. The molecule has 1 rings (SSSR count). The molecule has 1 unspecified atom stereocenters. The minimum atomic E-state index is -2.92. The summed E-state index contributed by atoms with van der Waals surface area (Å²) in [7, 11) is -2.92. The number of carbonyl (C=O) groups is 1. The molecule has 1 heterocycles. The van der Waals surface area contributed by atoms with E-state index in [2.05, 4.69) is 0 Å². The van der Waals surface area contributed by atoms with Gasteiger partial charge >= 0.3 is 5.97 Å². The number of nitrogens with two attached hydrogens (primary N) is 1. The lowest BCUT2D eigenvalue weighted by Gasteiger charge is -2.28. The quantitative estimate of drug-likeness (QED) is 0.732. The van der Waals surface area contributed by atoms with Gasteiger partial charge in [-0.05, 0) is 39.5 Å². The van der Waals surface area contributed by atoms with Gasteiger partial charge < -0.3 is 10.5 Å². The maximum Gasteiger partial charge on any atom is 0.323 e. The predicted molar refractivity (Wildman–Crippen MR) is 65.2 cm³/mol. The highest BCUT2D eigenvalue weighted by atomic mass is 32.2. The zero-order valence-corrected chi connectivity index (χ0v) is 11.4. The van der Waals surface area contributed by atoms with Gasteiger partial charge in [-0.2, -0.15) is 0 Å². The Morgan fingerprint density at radius 1 is 1.29 bits per heavy atom. The first-order chi connectivity index (χ1) is 7.61. The molecule has 100 valence electrons. The Morgan fingerprint density at radius 3 is 2.18 bits per heavy atom. The number of carbonyl (C=O) groups excluding carboxylic acids is 1. The number of hydrogen-bond acceptors (Lipinski definition) is 5. The van der Waals surface area contributed by atoms with E-state index in [1.165, 1.54) is 0 Å². The smallest absolute Gasteiger partial charge is 0.323 e. The minimum Gasteiger partial charge on any atom is -0.459 e. The monoisotopic (exact) mass is 263 g/mol. The van der Waals surface area contributed by atoms with Crippen LogP contribution in [0.1, 0.15) is 33.6 Å². The first kappa shape index (κ1) is 14.4. The summed E-state index contributed by atoms with van der Waals surface area (Å²) in [5.41, 5.74) is 5.26. The van der Waals surface area contributed by atoms with Crippen molar-refractivity contribution in [3.63, 3.8) is 0 Å². The Morgan fingerprint density at radius 2 is 1.76 bits per heavy atom. The van der Waals surface area contributed by atoms with E-state index >= 15 is 0 Å². The van der Waals surface area contributed by atoms with Crippen LogP contribution in [0.3, 0.4) is 0 Å². The van der Waals surface area contributed by atoms with Crippen molar-refractivity contribution in [2.45, 2.75) is 45.3 Å². The van der Waals surface area contributed by atoms with Gasteiger partial charge in [-0.15, -0.1) is 0 Å². The predicted octanol–water partition coefficient (Wildman–Crippen LogP) is 0.480. The van der Waals surface area contributed by atoms with Crippen molar-refractivity contribution in [1.82, 2.24) is 0 Å². The van der Waals surface area contributed by atoms with Crippen molar-refractivity contribution in [1.29, 1.82) is 0 Å². The molecule has 1 aliphatic rings. The summed E-state index contributed by atoms with van der Waals surface area (Å²) >= 11 is 0. The van der Waals surface area contributed by atoms with Gasteiger partial charge in [-0.1, -0.05) is 0 Å². The van der Waals surface area contributed by atoms with E-state index in [-0.39, 0.29) is 17.4 Å². The summed E-state index contributed by atoms with van der Waals surface area (Å²) in [6.07, 6.45) is 0.894. The molecule has 0 aromatic heterocycles. The van der Waals surface area contributed by atoms with Gasteiger partial charge in [0.1, 0.15) is 21.5 Å². The van der Waals surface area contributed by atoms with Crippen molar-refractivity contribution in [3.05, 3.63) is 0 Å². The highest BCUT2D eigenvalue weighted by Crippen LogP contribution is 2.22. The van der Waals surface area contributed by atoms with Crippen LogP contribution in [0.2, 0.25) is 0 Å². The SMILES string of the molecule is CC(C)(C)OC(=O)C(N)C1CCS(=O)(=O)CC1. The largest absolute Gasteiger partial charge is 0.459 e. The maximum absolute atomic E-state index is 11.7. The van der Waals surface area contributed by atoms with Gasteiger partial charge in [-0.25, -0.2) is 8.42 Å². The van der Waals surface area contributed by atoms with E-state index in [0.717, 1.165) is 0 Å². The number of ether oxygens (including phenoxy) is 1. The summed E-state index contributed by atoms with van der Waals surface area (Å²) in [6, 6.07) is -0.718. The Bertz CT molecular complexity index is 369. The normalized spacial score (nSPS) is 23.1. The average Bonchev–Trinajstić information content (AvgIpc) is 2.14. The molecule has 0 bridgehead atoms. The fourth-order valence-electron chi connectivity index (χ4n) is 1.83. The molecular formula is C11H21NO4S. The zero-order chi connectivity index (χ0) is 13.3. The third-order valence-corrected chi connectivity index (χ3v) is 4.50. The van der Waals surface area contributed by atoms with Gasteiger partial charge in [-0.3, -0.25) is 4.79 Å². The van der Waals surface area contributed by atoms with Crippen molar-refractivity contribution in [3.8, 4) is 0 Å². The van der Waals surface area contributed by atoms with Crippen LogP contribution in [-0.2, 0) is 19.4 Å². The van der Waals surface area contributed by atoms with Gasteiger partial charge in [0.2, 0.25) is 0 Å². The first-order valence-corrected chi connectivity index (χ1v) is 7.62. The Kier molecular flexibility index (Phi) is 4.19. The summed E-state index contributed by atoms with van der Waals surface area (Å²) in [5, 5.41) is 0. The van der Waals surface area contributed by atoms with E-state index in [0.29, 0.717) is 12.8 Å². The molecule has 6 heteroatoms. The molecule has 0 aromatic carbocycles. The molecule has 1 aliphatic heterocycles. The third kappa shape index (κ3) is 4.63. The topological polar surface area (TPSA) is 86.5 Å². The standard InChI is InChI=1S/C11H21NO4S/c1-11(2,3)16-10(13)9(12)8-4-6-17(14,15)7-5-8/h8-9H,4-7,12H2,1-3H3. The molecular weight excluding hydrogens is 242 g/mol. The molecule has 0 radical (unpaired) electrons. The highest BCUT2D eigenvalue weighted by Gasteiger charge is 2.33. The van der Waals surface area contributed by atoms with Gasteiger partial charge in [0.15, 0.2) is 0 Å². The Hall–Kier alpha value is -0.620. The summed E-state index contributed by atoms with van der Waals surface area (Å²) in [5.74, 6) is -0.294. The maximum atomic E-state index is 11.7. The van der Waals surface area contributed by atoms with Gasteiger partial charge in [0.25, 0.3) is 0 Å². The van der Waals surface area contributed by atoms with E-state index in [9.17, 15) is 13.2 Å². The lowest BCUT2D eigenvalue weighted by Crippen LogP contribution is -2.45. The average molecular weight is 263 g/mol. The van der Waals surface area contributed by atoms with Crippen LogP contribution < -0.4 is 5.73 Å². The van der Waals surface area contributed by atoms with Crippen LogP contribution in [-0.4, -0.2) is 37.5 Å². The molecule has 1 fully saturated rings. The number of rotatable bonds is 2. The summed E-state index contributed by atoms with van der Waals surface area (Å²) < 4.78 is 27.7. The number of esters is 1. The molecule has 1 saturated heterocycles. The van der Waals surface area contributed by atoms with Crippen LogP contribution in [0.25, 0.3) is 0 Å². The molecule has 0 aliphatic carbocycles. The van der Waals surface area contributed by atoms with Gasteiger partial charge in [0, 0.05) is 0 Å². The first-order valence-electron chi connectivity index (χ1n) is 5.79.